The molecule has 3 rings (SSSR count). The van der Waals surface area contributed by atoms with Crippen molar-refractivity contribution >= 4 is 17.4 Å². The molecule has 6 heteroatoms. The van der Waals surface area contributed by atoms with Gasteiger partial charge < -0.3 is 15.0 Å². The van der Waals surface area contributed by atoms with Gasteiger partial charge in [-0.3, -0.25) is 0 Å². The van der Waals surface area contributed by atoms with Crippen LogP contribution in [0.5, 0.6) is 5.75 Å². The summed E-state index contributed by atoms with van der Waals surface area (Å²) in [4.78, 5) is 18.5. The van der Waals surface area contributed by atoms with E-state index in [1.807, 2.05) is 40.6 Å². The first-order valence-corrected chi connectivity index (χ1v) is 9.24. The number of benzene rings is 1. The van der Waals surface area contributed by atoms with Gasteiger partial charge in [-0.2, -0.15) is 0 Å². The van der Waals surface area contributed by atoms with E-state index >= 15 is 0 Å². The van der Waals surface area contributed by atoms with E-state index in [2.05, 4.69) is 17.2 Å². The molecule has 1 aliphatic heterocycles. The van der Waals surface area contributed by atoms with Crippen molar-refractivity contribution in [2.75, 3.05) is 19.6 Å². The molecule has 1 atom stereocenters. The highest BCUT2D eigenvalue weighted by atomic mass is 32.1. The Kier molecular flexibility index (Phi) is 5.69. The Morgan fingerprint density at radius 2 is 2.12 bits per heavy atom. The fourth-order valence-electron chi connectivity index (χ4n) is 2.79. The summed E-state index contributed by atoms with van der Waals surface area (Å²) >= 11 is 1.63. The van der Waals surface area contributed by atoms with Crippen molar-refractivity contribution in [3.63, 3.8) is 0 Å². The summed E-state index contributed by atoms with van der Waals surface area (Å²) in [6, 6.07) is 9.88. The summed E-state index contributed by atoms with van der Waals surface area (Å²) in [6.45, 7) is 4.16. The van der Waals surface area contributed by atoms with Crippen LogP contribution in [0.2, 0.25) is 0 Å². The van der Waals surface area contributed by atoms with E-state index in [1.54, 1.807) is 17.5 Å². The molecule has 1 saturated heterocycles. The Labute approximate surface area is 146 Å². The van der Waals surface area contributed by atoms with Gasteiger partial charge in [0.2, 0.25) is 0 Å². The number of ether oxygens (including phenoxy) is 1. The fraction of sp³-hybridized carbons (Fsp3) is 0.444. The van der Waals surface area contributed by atoms with Crippen LogP contribution in [0.15, 0.2) is 41.9 Å². The van der Waals surface area contributed by atoms with Gasteiger partial charge in [0.25, 0.3) is 0 Å². The summed E-state index contributed by atoms with van der Waals surface area (Å²) in [5.74, 6) is 1.14. The number of carbonyl (C=O) groups is 1. The number of amides is 2. The third kappa shape index (κ3) is 4.47. The van der Waals surface area contributed by atoms with Gasteiger partial charge in [-0.25, -0.2) is 9.78 Å². The Morgan fingerprint density at radius 1 is 1.38 bits per heavy atom. The van der Waals surface area contributed by atoms with Gasteiger partial charge in [0.1, 0.15) is 11.9 Å². The largest absolute Gasteiger partial charge is 0.490 e. The quantitative estimate of drug-likeness (QED) is 0.902. The van der Waals surface area contributed by atoms with Crippen LogP contribution in [-0.2, 0) is 0 Å². The average molecular weight is 345 g/mol. The number of para-hydroxylation sites is 1. The monoisotopic (exact) mass is 345 g/mol. The molecule has 128 valence electrons. The molecule has 5 nitrogen and oxygen atoms in total. The van der Waals surface area contributed by atoms with E-state index in [4.69, 9.17) is 4.74 Å². The maximum Gasteiger partial charge on any atom is 0.317 e. The van der Waals surface area contributed by atoms with Crippen LogP contribution in [0.25, 0.3) is 0 Å². The Bertz CT molecular complexity index is 625. The molecule has 2 amide bonds. The van der Waals surface area contributed by atoms with Gasteiger partial charge in [0, 0.05) is 50.0 Å². The van der Waals surface area contributed by atoms with Crippen molar-refractivity contribution in [1.82, 2.24) is 15.2 Å². The summed E-state index contributed by atoms with van der Waals surface area (Å²) in [7, 11) is 0. The fourth-order valence-corrected chi connectivity index (χ4v) is 3.48. The normalized spacial score (nSPS) is 16.6. The number of thiazole rings is 1. The second kappa shape index (κ2) is 8.15. The minimum atomic E-state index is 0.0107. The molecule has 1 N–H and O–H groups in total. The third-order valence-electron chi connectivity index (χ3n) is 4.21. The molecule has 2 aromatic rings. The smallest absolute Gasteiger partial charge is 0.317 e. The molecule has 1 unspecified atom stereocenters. The van der Waals surface area contributed by atoms with E-state index in [1.165, 1.54) is 0 Å². The van der Waals surface area contributed by atoms with Crippen molar-refractivity contribution in [2.45, 2.75) is 31.8 Å². The van der Waals surface area contributed by atoms with Crippen LogP contribution in [0.4, 0.5) is 4.79 Å². The van der Waals surface area contributed by atoms with Gasteiger partial charge >= 0.3 is 6.03 Å². The number of carbonyl (C=O) groups excluding carboxylic acids is 1. The maximum atomic E-state index is 12.3. The molecule has 0 saturated carbocycles. The van der Waals surface area contributed by atoms with E-state index < -0.39 is 0 Å². The highest BCUT2D eigenvalue weighted by Gasteiger charge is 2.24. The first-order valence-electron chi connectivity index (χ1n) is 8.36. The van der Waals surface area contributed by atoms with Crippen molar-refractivity contribution in [3.8, 4) is 5.75 Å². The van der Waals surface area contributed by atoms with Crippen molar-refractivity contribution in [1.29, 1.82) is 0 Å². The predicted octanol–water partition coefficient (Wildman–Crippen LogP) is 3.50. The topological polar surface area (TPSA) is 54.5 Å². The van der Waals surface area contributed by atoms with Gasteiger partial charge in [0.15, 0.2) is 0 Å². The molecular weight excluding hydrogens is 322 g/mol. The summed E-state index contributed by atoms with van der Waals surface area (Å²) in [6.07, 6.45) is 3.72. The van der Waals surface area contributed by atoms with Crippen molar-refractivity contribution in [3.05, 3.63) is 46.9 Å². The van der Waals surface area contributed by atoms with E-state index in [-0.39, 0.29) is 18.1 Å². The molecule has 1 aromatic carbocycles. The molecular formula is C18H23N3O2S. The molecule has 0 bridgehead atoms. The number of hydrogen-bond acceptors (Lipinski definition) is 4. The lowest BCUT2D eigenvalue weighted by atomic mass is 10.1. The first-order chi connectivity index (χ1) is 11.7. The zero-order chi connectivity index (χ0) is 16.8. The van der Waals surface area contributed by atoms with Gasteiger partial charge in [-0.1, -0.05) is 25.1 Å². The number of hydrogen-bond donors (Lipinski definition) is 1. The lowest BCUT2D eigenvalue weighted by Gasteiger charge is -2.32. The number of urea groups is 1. The van der Waals surface area contributed by atoms with E-state index in [0.29, 0.717) is 6.54 Å². The van der Waals surface area contributed by atoms with Gasteiger partial charge in [-0.15, -0.1) is 11.3 Å². The standard InChI is InChI=1S/C18H23N3O2S/c1-14(17-19-9-12-24-17)13-20-18(22)21-10-7-16(8-11-21)23-15-5-3-2-4-6-15/h2-6,9,12,14,16H,7-8,10-11,13H2,1H3,(H,20,22). The summed E-state index contributed by atoms with van der Waals surface area (Å²) in [5.41, 5.74) is 0. The number of rotatable bonds is 5. The Morgan fingerprint density at radius 3 is 2.79 bits per heavy atom. The first kappa shape index (κ1) is 16.8. The number of aromatic nitrogens is 1. The third-order valence-corrected chi connectivity index (χ3v) is 5.21. The number of piperidine rings is 1. The second-order valence-corrected chi connectivity index (χ2v) is 7.00. The summed E-state index contributed by atoms with van der Waals surface area (Å²) < 4.78 is 5.97. The average Bonchev–Trinajstić information content (AvgIpc) is 3.16. The Balaban J connectivity index is 1.40. The maximum absolute atomic E-state index is 12.3. The van der Waals surface area contributed by atoms with Crippen LogP contribution in [-0.4, -0.2) is 41.7 Å². The molecule has 2 heterocycles. The highest BCUT2D eigenvalue weighted by molar-refractivity contribution is 7.09. The molecule has 0 spiro atoms. The molecule has 0 radical (unpaired) electrons. The van der Waals surface area contributed by atoms with Crippen LogP contribution < -0.4 is 10.1 Å². The van der Waals surface area contributed by atoms with Crippen LogP contribution in [0.3, 0.4) is 0 Å². The lowest BCUT2D eigenvalue weighted by Crippen LogP contribution is -2.47. The number of nitrogens with one attached hydrogen (secondary N) is 1. The zero-order valence-corrected chi connectivity index (χ0v) is 14.7. The van der Waals surface area contributed by atoms with Crippen LogP contribution in [0.1, 0.15) is 30.7 Å². The minimum absolute atomic E-state index is 0.0107. The SMILES string of the molecule is CC(CNC(=O)N1CCC(Oc2ccccc2)CC1)c1nccs1. The minimum Gasteiger partial charge on any atom is -0.490 e. The molecule has 24 heavy (non-hydrogen) atoms. The Hall–Kier alpha value is -2.08. The molecule has 1 fully saturated rings. The molecule has 1 aromatic heterocycles. The number of nitrogens with zero attached hydrogens (tertiary/aromatic N) is 2. The molecule has 0 aliphatic carbocycles. The van der Waals surface area contributed by atoms with Crippen molar-refractivity contribution < 1.29 is 9.53 Å². The molecule has 1 aliphatic rings. The summed E-state index contributed by atoms with van der Waals surface area (Å²) in [5, 5.41) is 6.04. The van der Waals surface area contributed by atoms with Crippen LogP contribution in [0, 0.1) is 0 Å². The van der Waals surface area contributed by atoms with Gasteiger partial charge in [0.05, 0.1) is 5.01 Å². The zero-order valence-electron chi connectivity index (χ0n) is 13.9. The second-order valence-electron chi connectivity index (χ2n) is 6.07. The van der Waals surface area contributed by atoms with E-state index in [9.17, 15) is 4.79 Å². The lowest BCUT2D eigenvalue weighted by molar-refractivity contribution is 0.111. The predicted molar refractivity (Wildman–Crippen MR) is 95.6 cm³/mol. The van der Waals surface area contributed by atoms with E-state index in [0.717, 1.165) is 36.7 Å². The van der Waals surface area contributed by atoms with Gasteiger partial charge in [-0.05, 0) is 12.1 Å². The van der Waals surface area contributed by atoms with Crippen molar-refractivity contribution in [2.24, 2.45) is 0 Å². The number of likely N-dealkylation sites (tertiary alicyclic amines) is 1. The van der Waals surface area contributed by atoms with Crippen LogP contribution >= 0.6 is 11.3 Å². The highest BCUT2D eigenvalue weighted by Crippen LogP contribution is 2.19.